The highest BCUT2D eigenvalue weighted by molar-refractivity contribution is 6.08. The predicted molar refractivity (Wildman–Crippen MR) is 130 cm³/mol. The zero-order valence-electron chi connectivity index (χ0n) is 19.2. The lowest BCUT2D eigenvalue weighted by Crippen LogP contribution is -2.43. The van der Waals surface area contributed by atoms with E-state index in [4.69, 9.17) is 4.74 Å². The van der Waals surface area contributed by atoms with Gasteiger partial charge in [0, 0.05) is 11.6 Å². The van der Waals surface area contributed by atoms with Gasteiger partial charge in [-0.1, -0.05) is 60.2 Å². The quantitative estimate of drug-likeness (QED) is 0.305. The van der Waals surface area contributed by atoms with Crippen molar-refractivity contribution in [3.05, 3.63) is 111 Å². The van der Waals surface area contributed by atoms with Gasteiger partial charge in [0.05, 0.1) is 24.1 Å². The van der Waals surface area contributed by atoms with E-state index in [1.807, 2.05) is 55.5 Å². The summed E-state index contributed by atoms with van der Waals surface area (Å²) < 4.78 is 7.31. The Balaban J connectivity index is 1.69. The minimum absolute atomic E-state index is 0.0000895. The van der Waals surface area contributed by atoms with Crippen LogP contribution in [0.5, 0.6) is 5.75 Å². The number of benzene rings is 3. The number of hydrogen-bond acceptors (Lipinski definition) is 6. The molecule has 9 heteroatoms. The topological polar surface area (TPSA) is 103 Å². The SMILES string of the molecule is COc1ccccc1[C@H]1C[C@@H](c2ccc(C)cc2)N(C(=O)c2ccccc2[N+](=O)[O-])c2ncnn21. The van der Waals surface area contributed by atoms with Gasteiger partial charge < -0.3 is 4.74 Å². The Labute approximate surface area is 201 Å². The summed E-state index contributed by atoms with van der Waals surface area (Å²) >= 11 is 0. The van der Waals surface area contributed by atoms with Crippen LogP contribution in [0.2, 0.25) is 0 Å². The van der Waals surface area contributed by atoms with Crippen molar-refractivity contribution in [3.63, 3.8) is 0 Å². The van der Waals surface area contributed by atoms with Crippen LogP contribution in [-0.4, -0.2) is 32.7 Å². The molecule has 1 amide bonds. The van der Waals surface area contributed by atoms with Crippen LogP contribution in [0.15, 0.2) is 79.1 Å². The zero-order chi connectivity index (χ0) is 24.5. The number of amides is 1. The van der Waals surface area contributed by atoms with Crippen molar-refractivity contribution in [2.75, 3.05) is 12.0 Å². The molecule has 1 aliphatic heterocycles. The first-order chi connectivity index (χ1) is 17.0. The highest BCUT2D eigenvalue weighted by Crippen LogP contribution is 2.44. The van der Waals surface area contributed by atoms with Crippen molar-refractivity contribution in [1.82, 2.24) is 14.8 Å². The Morgan fingerprint density at radius 2 is 1.74 bits per heavy atom. The first-order valence-electron chi connectivity index (χ1n) is 11.2. The molecule has 0 saturated heterocycles. The Kier molecular flexibility index (Phi) is 5.74. The van der Waals surface area contributed by atoms with E-state index in [2.05, 4.69) is 10.1 Å². The molecule has 0 radical (unpaired) electrons. The fourth-order valence-corrected chi connectivity index (χ4v) is 4.64. The molecule has 0 spiro atoms. The molecular formula is C26H23N5O4. The van der Waals surface area contributed by atoms with Crippen LogP contribution >= 0.6 is 0 Å². The number of aryl methyl sites for hydroxylation is 1. The van der Waals surface area contributed by atoms with Gasteiger partial charge in [0.15, 0.2) is 0 Å². The molecule has 1 aliphatic rings. The van der Waals surface area contributed by atoms with E-state index in [9.17, 15) is 14.9 Å². The van der Waals surface area contributed by atoms with E-state index < -0.39 is 16.9 Å². The van der Waals surface area contributed by atoms with E-state index >= 15 is 0 Å². The summed E-state index contributed by atoms with van der Waals surface area (Å²) in [6.45, 7) is 2.00. The van der Waals surface area contributed by atoms with Gasteiger partial charge in [-0.05, 0) is 31.0 Å². The van der Waals surface area contributed by atoms with E-state index in [1.165, 1.54) is 23.4 Å². The van der Waals surface area contributed by atoms with Crippen LogP contribution in [0, 0.1) is 17.0 Å². The second-order valence-electron chi connectivity index (χ2n) is 8.37. The largest absolute Gasteiger partial charge is 0.496 e. The Morgan fingerprint density at radius 1 is 1.03 bits per heavy atom. The van der Waals surface area contributed by atoms with Crippen LogP contribution in [0.3, 0.4) is 0 Å². The van der Waals surface area contributed by atoms with Crippen LogP contribution in [0.4, 0.5) is 11.6 Å². The zero-order valence-corrected chi connectivity index (χ0v) is 19.2. The first kappa shape index (κ1) is 22.3. The lowest BCUT2D eigenvalue weighted by molar-refractivity contribution is -0.385. The number of ether oxygens (including phenoxy) is 1. The molecule has 176 valence electrons. The summed E-state index contributed by atoms with van der Waals surface area (Å²) in [7, 11) is 1.62. The van der Waals surface area contributed by atoms with Crippen molar-refractivity contribution in [1.29, 1.82) is 0 Å². The molecule has 9 nitrogen and oxygen atoms in total. The van der Waals surface area contributed by atoms with Crippen LogP contribution < -0.4 is 9.64 Å². The summed E-state index contributed by atoms with van der Waals surface area (Å²) in [5, 5.41) is 16.1. The van der Waals surface area contributed by atoms with Gasteiger partial charge in [-0.2, -0.15) is 10.1 Å². The second-order valence-corrected chi connectivity index (χ2v) is 8.37. The number of methoxy groups -OCH3 is 1. The maximum Gasteiger partial charge on any atom is 0.282 e. The van der Waals surface area contributed by atoms with Crippen molar-refractivity contribution in [2.24, 2.45) is 0 Å². The van der Waals surface area contributed by atoms with Crippen molar-refractivity contribution in [2.45, 2.75) is 25.4 Å². The van der Waals surface area contributed by atoms with Crippen LogP contribution in [-0.2, 0) is 0 Å². The molecule has 5 rings (SSSR count). The van der Waals surface area contributed by atoms with Gasteiger partial charge in [-0.25, -0.2) is 4.68 Å². The van der Waals surface area contributed by atoms with Crippen molar-refractivity contribution in [3.8, 4) is 5.75 Å². The maximum absolute atomic E-state index is 13.9. The minimum atomic E-state index is -0.541. The molecule has 2 heterocycles. The Morgan fingerprint density at radius 3 is 2.49 bits per heavy atom. The normalized spacial score (nSPS) is 17.0. The number of aromatic nitrogens is 3. The fourth-order valence-electron chi connectivity index (χ4n) is 4.64. The number of nitro groups is 1. The molecule has 1 aromatic heterocycles. The summed E-state index contributed by atoms with van der Waals surface area (Å²) in [6.07, 6.45) is 1.88. The van der Waals surface area contributed by atoms with E-state index in [1.54, 1.807) is 23.9 Å². The standard InChI is InChI=1S/C26H23N5O4/c1-17-11-13-18(14-12-17)22-15-23(19-7-4-6-10-24(19)35-2)30-26(27-16-28-30)29(22)25(32)20-8-3-5-9-21(20)31(33)34/h3-14,16,22-23H,15H2,1-2H3/t22-,23+/m0/s1. The van der Waals surface area contributed by atoms with Crippen molar-refractivity contribution >= 4 is 17.5 Å². The predicted octanol–water partition coefficient (Wildman–Crippen LogP) is 4.88. The summed E-state index contributed by atoms with van der Waals surface area (Å²) in [5.41, 5.74) is 2.65. The smallest absolute Gasteiger partial charge is 0.282 e. The Bertz CT molecular complexity index is 1400. The second kappa shape index (κ2) is 9.02. The number of hydrogen-bond donors (Lipinski definition) is 0. The molecule has 3 aromatic carbocycles. The number of fused-ring (bicyclic) bond motifs is 1. The number of carbonyl (C=O) groups excluding carboxylic acids is 1. The van der Waals surface area contributed by atoms with Gasteiger partial charge >= 0.3 is 0 Å². The number of anilines is 1. The van der Waals surface area contributed by atoms with Gasteiger partial charge in [0.25, 0.3) is 11.6 Å². The highest BCUT2D eigenvalue weighted by atomic mass is 16.6. The summed E-state index contributed by atoms with van der Waals surface area (Å²) in [4.78, 5) is 31.0. The molecule has 0 N–H and O–H groups in total. The van der Waals surface area contributed by atoms with E-state index in [0.29, 0.717) is 18.1 Å². The van der Waals surface area contributed by atoms with E-state index in [-0.39, 0.29) is 17.3 Å². The molecule has 0 bridgehead atoms. The highest BCUT2D eigenvalue weighted by Gasteiger charge is 2.41. The number of nitro benzene ring substituents is 1. The first-order valence-corrected chi connectivity index (χ1v) is 11.2. The molecule has 4 aromatic rings. The third-order valence-corrected chi connectivity index (χ3v) is 6.33. The lowest BCUT2D eigenvalue weighted by Gasteiger charge is -2.39. The molecule has 0 saturated carbocycles. The maximum atomic E-state index is 13.9. The fraction of sp³-hybridized carbons (Fsp3) is 0.192. The third-order valence-electron chi connectivity index (χ3n) is 6.33. The lowest BCUT2D eigenvalue weighted by atomic mass is 9.90. The molecule has 0 unspecified atom stereocenters. The third kappa shape index (κ3) is 3.90. The molecule has 35 heavy (non-hydrogen) atoms. The van der Waals surface area contributed by atoms with Gasteiger partial charge in [-0.3, -0.25) is 19.8 Å². The average molecular weight is 470 g/mol. The number of para-hydroxylation sites is 2. The summed E-state index contributed by atoms with van der Waals surface area (Å²) in [6, 6.07) is 20.9. The monoisotopic (exact) mass is 469 g/mol. The van der Waals surface area contributed by atoms with Gasteiger partial charge in [0.1, 0.15) is 17.6 Å². The van der Waals surface area contributed by atoms with Gasteiger partial charge in [-0.15, -0.1) is 0 Å². The summed E-state index contributed by atoms with van der Waals surface area (Å²) in [5.74, 6) is 0.525. The van der Waals surface area contributed by atoms with Crippen LogP contribution in [0.1, 0.15) is 45.6 Å². The number of rotatable bonds is 5. The average Bonchev–Trinajstić information content (AvgIpc) is 3.37. The number of carbonyl (C=O) groups is 1. The van der Waals surface area contributed by atoms with Crippen molar-refractivity contribution < 1.29 is 14.5 Å². The Hall–Kier alpha value is -4.53. The van der Waals surface area contributed by atoms with Gasteiger partial charge in [0.2, 0.25) is 5.95 Å². The molecule has 0 aliphatic carbocycles. The number of nitrogens with zero attached hydrogens (tertiary/aromatic N) is 5. The minimum Gasteiger partial charge on any atom is -0.496 e. The van der Waals surface area contributed by atoms with Crippen LogP contribution in [0.25, 0.3) is 0 Å². The molecular weight excluding hydrogens is 446 g/mol. The van der Waals surface area contributed by atoms with E-state index in [0.717, 1.165) is 16.7 Å². The molecule has 2 atom stereocenters. The molecule has 0 fully saturated rings.